The van der Waals surface area contributed by atoms with Crippen molar-refractivity contribution in [2.24, 2.45) is 46.3 Å². The van der Waals surface area contributed by atoms with E-state index in [1.165, 1.54) is 23.8 Å². The molecule has 40 heavy (non-hydrogen) atoms. The van der Waals surface area contributed by atoms with E-state index in [2.05, 4.69) is 39.9 Å². The molecule has 3 saturated carbocycles. The molecule has 0 aromatic carbocycles. The van der Waals surface area contributed by atoms with Gasteiger partial charge in [-0.2, -0.15) is 0 Å². The van der Waals surface area contributed by atoms with Gasteiger partial charge in [0.1, 0.15) is 6.10 Å². The number of hydrogen-bond donors (Lipinski definition) is 1. The van der Waals surface area contributed by atoms with Crippen LogP contribution in [0.3, 0.4) is 0 Å². The van der Waals surface area contributed by atoms with Crippen LogP contribution in [0, 0.1) is 46.3 Å². The molecule has 7 heteroatoms. The Morgan fingerprint density at radius 3 is 2.52 bits per heavy atom. The van der Waals surface area contributed by atoms with E-state index in [4.69, 9.17) is 16.3 Å². The second kappa shape index (κ2) is 11.2. The highest BCUT2D eigenvalue weighted by molar-refractivity contribution is 7.16. The lowest BCUT2D eigenvalue weighted by molar-refractivity contribution is -0.166. The van der Waals surface area contributed by atoms with Gasteiger partial charge in [0, 0.05) is 37.0 Å². The van der Waals surface area contributed by atoms with Crippen molar-refractivity contribution in [2.75, 3.05) is 0 Å². The molecular weight excluding hydrogens is 542 g/mol. The van der Waals surface area contributed by atoms with Gasteiger partial charge in [-0.15, -0.1) is 11.3 Å². The summed E-state index contributed by atoms with van der Waals surface area (Å²) in [5.41, 5.74) is 1.32. The molecule has 9 atom stereocenters. The van der Waals surface area contributed by atoms with Crippen molar-refractivity contribution in [2.45, 2.75) is 105 Å². The van der Waals surface area contributed by atoms with Crippen molar-refractivity contribution < 1.29 is 19.1 Å². The summed E-state index contributed by atoms with van der Waals surface area (Å²) in [7, 11) is 0. The number of rotatable bonds is 7. The number of thiophene rings is 1. The highest BCUT2D eigenvalue weighted by atomic mass is 35.5. The molecule has 4 aliphatic rings. The molecule has 1 heterocycles. The predicted molar refractivity (Wildman–Crippen MR) is 160 cm³/mol. The predicted octanol–water partition coefficient (Wildman–Crippen LogP) is 7.93. The van der Waals surface area contributed by atoms with Gasteiger partial charge in [-0.25, -0.2) is 0 Å². The number of carbonyl (C=O) groups is 3. The van der Waals surface area contributed by atoms with Gasteiger partial charge in [0.2, 0.25) is 5.91 Å². The maximum absolute atomic E-state index is 13.4. The van der Waals surface area contributed by atoms with Crippen LogP contribution in [0.1, 0.15) is 104 Å². The Morgan fingerprint density at radius 1 is 1.12 bits per heavy atom. The van der Waals surface area contributed by atoms with E-state index in [1.807, 2.05) is 18.2 Å². The Morgan fingerprint density at radius 2 is 1.88 bits per heavy atom. The first-order valence-electron chi connectivity index (χ1n) is 15.3. The van der Waals surface area contributed by atoms with E-state index in [0.717, 1.165) is 41.3 Å². The van der Waals surface area contributed by atoms with E-state index in [-0.39, 0.29) is 52.5 Å². The minimum Gasteiger partial charge on any atom is -0.462 e. The smallest absolute Gasteiger partial charge is 0.302 e. The Labute approximate surface area is 248 Å². The third-order valence-corrected chi connectivity index (χ3v) is 12.7. The summed E-state index contributed by atoms with van der Waals surface area (Å²) < 4.78 is 6.79. The third-order valence-electron chi connectivity index (χ3n) is 11.4. The van der Waals surface area contributed by atoms with Gasteiger partial charge in [0.15, 0.2) is 5.78 Å². The summed E-state index contributed by atoms with van der Waals surface area (Å²) >= 11 is 7.74. The molecule has 0 aliphatic heterocycles. The average Bonchev–Trinajstić information content (AvgIpc) is 3.45. The third kappa shape index (κ3) is 5.32. The van der Waals surface area contributed by atoms with Crippen molar-refractivity contribution in [1.82, 2.24) is 5.32 Å². The van der Waals surface area contributed by atoms with E-state index >= 15 is 0 Å². The molecule has 0 radical (unpaired) electrons. The summed E-state index contributed by atoms with van der Waals surface area (Å²) in [6.07, 6.45) is 8.86. The second-order valence-electron chi connectivity index (χ2n) is 14.0. The lowest BCUT2D eigenvalue weighted by Gasteiger charge is -2.60. The summed E-state index contributed by atoms with van der Waals surface area (Å²) in [6, 6.07) is 3.90. The Balaban J connectivity index is 1.34. The topological polar surface area (TPSA) is 72.5 Å². The van der Waals surface area contributed by atoms with Gasteiger partial charge in [-0.05, 0) is 90.7 Å². The van der Waals surface area contributed by atoms with Crippen LogP contribution in [0.2, 0.25) is 4.34 Å². The van der Waals surface area contributed by atoms with Crippen molar-refractivity contribution in [3.05, 3.63) is 33.0 Å². The number of ketones is 1. The number of carbonyl (C=O) groups excluding carboxylic acids is 3. The van der Waals surface area contributed by atoms with Crippen LogP contribution in [0.25, 0.3) is 0 Å². The summed E-state index contributed by atoms with van der Waals surface area (Å²) in [5.74, 6) is 2.27. The minimum atomic E-state index is -0.228. The molecule has 1 amide bonds. The fourth-order valence-electron chi connectivity index (χ4n) is 9.54. The zero-order chi connectivity index (χ0) is 29.0. The van der Waals surface area contributed by atoms with Crippen LogP contribution in [0.4, 0.5) is 0 Å². The van der Waals surface area contributed by atoms with E-state index in [9.17, 15) is 14.4 Å². The Hall–Kier alpha value is -1.66. The molecule has 0 unspecified atom stereocenters. The van der Waals surface area contributed by atoms with Crippen LogP contribution in [0.5, 0.6) is 0 Å². The molecule has 1 aromatic rings. The zero-order valence-corrected chi connectivity index (χ0v) is 26.5. The zero-order valence-electron chi connectivity index (χ0n) is 24.9. The summed E-state index contributed by atoms with van der Waals surface area (Å²) in [5, 5.41) is 3.32. The quantitative estimate of drug-likeness (QED) is 0.329. The van der Waals surface area contributed by atoms with E-state index < -0.39 is 0 Å². The largest absolute Gasteiger partial charge is 0.462 e. The van der Waals surface area contributed by atoms with Gasteiger partial charge in [0.25, 0.3) is 0 Å². The molecule has 4 aliphatic carbocycles. The standard InChI is InChI=1S/C33H46ClNO4S/c1-18(2)31(27-9-10-28(34)40-27)35-29(38)15-19(3)23-7-8-24-30-25(12-14-33(23,24)6)32(5)13-11-22(37)16-21(32)17-26(30)39-20(4)36/h9-10,16,18-19,23-26,30-31H,7-8,11-15,17H2,1-6H3,(H,35,38)/t19-,23-,24+,25+,26-,30+,31-,32+,33-/m1/s1. The number of amides is 1. The van der Waals surface area contributed by atoms with Crippen molar-refractivity contribution >= 4 is 40.6 Å². The number of ether oxygens (including phenoxy) is 1. The maximum atomic E-state index is 13.4. The van der Waals surface area contributed by atoms with Crippen LogP contribution in [-0.2, 0) is 19.1 Å². The molecule has 0 spiro atoms. The molecule has 1 aromatic heterocycles. The summed E-state index contributed by atoms with van der Waals surface area (Å²) in [4.78, 5) is 39.1. The van der Waals surface area contributed by atoms with Gasteiger partial charge < -0.3 is 10.1 Å². The van der Waals surface area contributed by atoms with E-state index in [0.29, 0.717) is 42.9 Å². The lowest BCUT2D eigenvalue weighted by atomic mass is 9.45. The number of halogens is 1. The molecule has 3 fully saturated rings. The van der Waals surface area contributed by atoms with Crippen molar-refractivity contribution in [3.8, 4) is 0 Å². The number of hydrogen-bond acceptors (Lipinski definition) is 5. The molecule has 5 nitrogen and oxygen atoms in total. The first-order chi connectivity index (χ1) is 18.8. The number of fused-ring (bicyclic) bond motifs is 5. The van der Waals surface area contributed by atoms with Crippen molar-refractivity contribution in [1.29, 1.82) is 0 Å². The van der Waals surface area contributed by atoms with Crippen molar-refractivity contribution in [3.63, 3.8) is 0 Å². The van der Waals surface area contributed by atoms with Crippen LogP contribution in [-0.4, -0.2) is 23.8 Å². The molecule has 5 rings (SSSR count). The SMILES string of the molecule is CC(=O)O[C@@H]1CC2=CC(=O)CC[C@]2(C)[C@H]2CC[C@]3(C)[C@@H]([C@H](C)CC(=O)N[C@@H](c4ccc(Cl)s4)C(C)C)CC[C@H]3[C@H]12. The highest BCUT2D eigenvalue weighted by Gasteiger charge is 2.62. The Kier molecular flexibility index (Phi) is 8.35. The highest BCUT2D eigenvalue weighted by Crippen LogP contribution is 2.68. The minimum absolute atomic E-state index is 0.0106. The first-order valence-corrected chi connectivity index (χ1v) is 16.5. The van der Waals surface area contributed by atoms with E-state index in [1.54, 1.807) is 0 Å². The van der Waals surface area contributed by atoms with Gasteiger partial charge in [-0.3, -0.25) is 14.4 Å². The van der Waals surface area contributed by atoms with Crippen LogP contribution < -0.4 is 5.32 Å². The lowest BCUT2D eigenvalue weighted by Crippen LogP contribution is -2.56. The number of esters is 1. The van der Waals surface area contributed by atoms with Crippen LogP contribution >= 0.6 is 22.9 Å². The molecule has 0 bridgehead atoms. The van der Waals surface area contributed by atoms with Gasteiger partial charge in [-0.1, -0.05) is 51.8 Å². The maximum Gasteiger partial charge on any atom is 0.302 e. The second-order valence-corrected chi connectivity index (χ2v) is 15.8. The fourth-order valence-corrected chi connectivity index (χ4v) is 10.8. The monoisotopic (exact) mass is 587 g/mol. The number of nitrogens with one attached hydrogen (secondary N) is 1. The fraction of sp³-hybridized carbons (Fsp3) is 0.727. The average molecular weight is 588 g/mol. The van der Waals surface area contributed by atoms with Crippen LogP contribution in [0.15, 0.2) is 23.8 Å². The molecule has 1 N–H and O–H groups in total. The van der Waals surface area contributed by atoms with Gasteiger partial charge in [0.05, 0.1) is 10.4 Å². The van der Waals surface area contributed by atoms with Gasteiger partial charge >= 0.3 is 5.97 Å². The first kappa shape index (κ1) is 29.8. The summed E-state index contributed by atoms with van der Waals surface area (Å²) in [6.45, 7) is 12.9. The molecule has 0 saturated heterocycles. The molecule has 220 valence electrons. The Bertz CT molecular complexity index is 1190. The normalized spacial score (nSPS) is 36.6. The molecular formula is C33H46ClNO4S.